The average Bonchev–Trinajstić information content (AvgIpc) is 2.91. The number of aliphatic hydroxyl groups is 1. The van der Waals surface area contributed by atoms with Crippen molar-refractivity contribution in [3.05, 3.63) is 35.9 Å². The van der Waals surface area contributed by atoms with E-state index in [1.54, 1.807) is 0 Å². The molecule has 3 atom stereocenters. The zero-order chi connectivity index (χ0) is 15.1. The third-order valence-electron chi connectivity index (χ3n) is 4.55. The fraction of sp³-hybridized carbons (Fsp3) is 0.611. The molecule has 1 aromatic rings. The van der Waals surface area contributed by atoms with Gasteiger partial charge in [-0.25, -0.2) is 0 Å². The van der Waals surface area contributed by atoms with Gasteiger partial charge in [0.15, 0.2) is 0 Å². The minimum atomic E-state index is -0.223. The van der Waals surface area contributed by atoms with Gasteiger partial charge < -0.3 is 10.4 Å². The lowest BCUT2D eigenvalue weighted by molar-refractivity contribution is -0.125. The molecular formula is C18H27NO2. The maximum Gasteiger partial charge on any atom is 0.222 e. The first-order chi connectivity index (χ1) is 10.2. The van der Waals surface area contributed by atoms with Crippen LogP contribution in [0.2, 0.25) is 0 Å². The van der Waals surface area contributed by atoms with Crippen LogP contribution in [0, 0.1) is 11.8 Å². The normalized spacial score (nSPS) is 23.0. The number of amides is 1. The van der Waals surface area contributed by atoms with E-state index in [2.05, 4.69) is 29.6 Å². The Morgan fingerprint density at radius 3 is 2.76 bits per heavy atom. The molecule has 0 saturated heterocycles. The Labute approximate surface area is 127 Å². The molecule has 1 aromatic carbocycles. The SMILES string of the molecule is CC(CCCc1ccccc1)C(=O)NCC1CCCC1O. The van der Waals surface area contributed by atoms with Crippen molar-refractivity contribution in [1.29, 1.82) is 0 Å². The molecule has 0 bridgehead atoms. The molecule has 0 spiro atoms. The molecule has 3 unspecified atom stereocenters. The van der Waals surface area contributed by atoms with Crippen molar-refractivity contribution < 1.29 is 9.90 Å². The van der Waals surface area contributed by atoms with E-state index >= 15 is 0 Å². The molecule has 0 heterocycles. The summed E-state index contributed by atoms with van der Waals surface area (Å²) in [6.07, 6.45) is 5.74. The summed E-state index contributed by atoms with van der Waals surface area (Å²) < 4.78 is 0. The first-order valence-corrected chi connectivity index (χ1v) is 8.16. The number of aliphatic hydroxyl groups excluding tert-OH is 1. The van der Waals surface area contributed by atoms with E-state index in [0.717, 1.165) is 38.5 Å². The number of rotatable bonds is 7. The van der Waals surface area contributed by atoms with E-state index in [0.29, 0.717) is 6.54 Å². The molecular weight excluding hydrogens is 262 g/mol. The molecule has 1 amide bonds. The number of carbonyl (C=O) groups excluding carboxylic acids is 1. The largest absolute Gasteiger partial charge is 0.393 e. The van der Waals surface area contributed by atoms with Crippen molar-refractivity contribution in [2.24, 2.45) is 11.8 Å². The van der Waals surface area contributed by atoms with Gasteiger partial charge in [0.1, 0.15) is 0 Å². The molecule has 0 radical (unpaired) electrons. The third kappa shape index (κ3) is 5.16. The van der Waals surface area contributed by atoms with Crippen LogP contribution in [0.3, 0.4) is 0 Å². The summed E-state index contributed by atoms with van der Waals surface area (Å²) in [5, 5.41) is 12.8. The van der Waals surface area contributed by atoms with Gasteiger partial charge in [0.2, 0.25) is 5.91 Å². The Hall–Kier alpha value is -1.35. The number of nitrogens with one attached hydrogen (secondary N) is 1. The van der Waals surface area contributed by atoms with Gasteiger partial charge in [0.25, 0.3) is 0 Å². The van der Waals surface area contributed by atoms with Crippen LogP contribution in [0.5, 0.6) is 0 Å². The number of aryl methyl sites for hydroxylation is 1. The van der Waals surface area contributed by atoms with Gasteiger partial charge in [-0.05, 0) is 37.7 Å². The molecule has 1 fully saturated rings. The minimum absolute atomic E-state index is 0.0484. The van der Waals surface area contributed by atoms with Crippen LogP contribution < -0.4 is 5.32 Å². The summed E-state index contributed by atoms with van der Waals surface area (Å²) in [6, 6.07) is 10.4. The van der Waals surface area contributed by atoms with Crippen molar-refractivity contribution >= 4 is 5.91 Å². The third-order valence-corrected chi connectivity index (χ3v) is 4.55. The molecule has 116 valence electrons. The average molecular weight is 289 g/mol. The van der Waals surface area contributed by atoms with Crippen LogP contribution in [0.15, 0.2) is 30.3 Å². The predicted molar refractivity (Wildman–Crippen MR) is 84.9 cm³/mol. The van der Waals surface area contributed by atoms with Gasteiger partial charge in [-0.3, -0.25) is 4.79 Å². The lowest BCUT2D eigenvalue weighted by Crippen LogP contribution is -2.35. The Morgan fingerprint density at radius 1 is 1.33 bits per heavy atom. The van der Waals surface area contributed by atoms with Gasteiger partial charge in [-0.2, -0.15) is 0 Å². The highest BCUT2D eigenvalue weighted by Crippen LogP contribution is 2.24. The fourth-order valence-electron chi connectivity index (χ4n) is 3.05. The van der Waals surface area contributed by atoms with Crippen molar-refractivity contribution in [3.63, 3.8) is 0 Å². The first kappa shape index (κ1) is 16.0. The predicted octanol–water partition coefficient (Wildman–Crippen LogP) is 2.92. The molecule has 3 heteroatoms. The number of hydrogen-bond acceptors (Lipinski definition) is 2. The van der Waals surface area contributed by atoms with Gasteiger partial charge in [-0.1, -0.05) is 43.7 Å². The standard InChI is InChI=1S/C18H27NO2/c1-14(7-5-10-15-8-3-2-4-9-15)18(21)19-13-16-11-6-12-17(16)20/h2-4,8-9,14,16-17,20H,5-7,10-13H2,1H3,(H,19,21). The number of hydrogen-bond donors (Lipinski definition) is 2. The smallest absolute Gasteiger partial charge is 0.222 e. The maximum atomic E-state index is 12.1. The fourth-order valence-corrected chi connectivity index (χ4v) is 3.05. The zero-order valence-electron chi connectivity index (χ0n) is 12.9. The minimum Gasteiger partial charge on any atom is -0.393 e. The summed E-state index contributed by atoms with van der Waals surface area (Å²) in [6.45, 7) is 2.62. The highest BCUT2D eigenvalue weighted by molar-refractivity contribution is 5.78. The summed E-state index contributed by atoms with van der Waals surface area (Å²) in [5.74, 6) is 0.430. The number of benzene rings is 1. The second kappa shape index (κ2) is 8.18. The van der Waals surface area contributed by atoms with Crippen LogP contribution in [0.1, 0.15) is 44.6 Å². The Morgan fingerprint density at radius 2 is 2.10 bits per heavy atom. The lowest BCUT2D eigenvalue weighted by Gasteiger charge is -2.17. The van der Waals surface area contributed by atoms with E-state index in [1.165, 1.54) is 5.56 Å². The van der Waals surface area contributed by atoms with Gasteiger partial charge >= 0.3 is 0 Å². The Bertz CT molecular complexity index is 432. The van der Waals surface area contributed by atoms with Crippen molar-refractivity contribution in [1.82, 2.24) is 5.32 Å². The molecule has 0 aliphatic heterocycles. The van der Waals surface area contributed by atoms with Gasteiger partial charge in [0.05, 0.1) is 6.10 Å². The van der Waals surface area contributed by atoms with Crippen LogP contribution in [0.25, 0.3) is 0 Å². The van der Waals surface area contributed by atoms with E-state index in [4.69, 9.17) is 0 Å². The van der Waals surface area contributed by atoms with E-state index < -0.39 is 0 Å². The molecule has 2 N–H and O–H groups in total. The van der Waals surface area contributed by atoms with Crippen LogP contribution in [-0.4, -0.2) is 23.7 Å². The zero-order valence-corrected chi connectivity index (χ0v) is 12.9. The van der Waals surface area contributed by atoms with Crippen LogP contribution in [-0.2, 0) is 11.2 Å². The summed E-state index contributed by atoms with van der Waals surface area (Å²) in [4.78, 5) is 12.1. The van der Waals surface area contributed by atoms with E-state index in [-0.39, 0.29) is 23.8 Å². The molecule has 0 aromatic heterocycles. The topological polar surface area (TPSA) is 49.3 Å². The Kier molecular flexibility index (Phi) is 6.24. The second-order valence-corrected chi connectivity index (χ2v) is 6.28. The van der Waals surface area contributed by atoms with Crippen LogP contribution >= 0.6 is 0 Å². The highest BCUT2D eigenvalue weighted by Gasteiger charge is 2.25. The molecule has 1 aliphatic carbocycles. The maximum absolute atomic E-state index is 12.1. The molecule has 3 nitrogen and oxygen atoms in total. The van der Waals surface area contributed by atoms with Crippen molar-refractivity contribution in [2.45, 2.75) is 51.6 Å². The van der Waals surface area contributed by atoms with E-state index in [9.17, 15) is 9.90 Å². The van der Waals surface area contributed by atoms with Gasteiger partial charge in [-0.15, -0.1) is 0 Å². The molecule has 21 heavy (non-hydrogen) atoms. The lowest BCUT2D eigenvalue weighted by atomic mass is 9.99. The Balaban J connectivity index is 1.63. The monoisotopic (exact) mass is 289 g/mol. The van der Waals surface area contributed by atoms with Crippen molar-refractivity contribution in [2.75, 3.05) is 6.54 Å². The molecule has 1 saturated carbocycles. The first-order valence-electron chi connectivity index (χ1n) is 8.16. The second-order valence-electron chi connectivity index (χ2n) is 6.28. The van der Waals surface area contributed by atoms with Crippen LogP contribution in [0.4, 0.5) is 0 Å². The summed E-state index contributed by atoms with van der Waals surface area (Å²) >= 11 is 0. The molecule has 2 rings (SSSR count). The van der Waals surface area contributed by atoms with E-state index in [1.807, 2.05) is 13.0 Å². The van der Waals surface area contributed by atoms with Gasteiger partial charge in [0, 0.05) is 18.4 Å². The summed E-state index contributed by atoms with van der Waals surface area (Å²) in [7, 11) is 0. The molecule has 1 aliphatic rings. The highest BCUT2D eigenvalue weighted by atomic mass is 16.3. The summed E-state index contributed by atoms with van der Waals surface area (Å²) in [5.41, 5.74) is 1.33. The quantitative estimate of drug-likeness (QED) is 0.811. The van der Waals surface area contributed by atoms with Crippen molar-refractivity contribution in [3.8, 4) is 0 Å². The number of carbonyl (C=O) groups is 1.